The second-order valence-electron chi connectivity index (χ2n) is 6.68. The van der Waals surface area contributed by atoms with Gasteiger partial charge in [0.25, 0.3) is 5.56 Å². The summed E-state index contributed by atoms with van der Waals surface area (Å²) in [4.78, 5) is 23.7. The van der Waals surface area contributed by atoms with Gasteiger partial charge in [-0.15, -0.1) is 0 Å². The fourth-order valence-electron chi connectivity index (χ4n) is 3.47. The third-order valence-electron chi connectivity index (χ3n) is 4.96. The van der Waals surface area contributed by atoms with E-state index in [2.05, 4.69) is 0 Å². The van der Waals surface area contributed by atoms with E-state index < -0.39 is 17.2 Å². The number of hydrogen-bond acceptors (Lipinski definition) is 3. The van der Waals surface area contributed by atoms with Crippen molar-refractivity contribution in [3.63, 3.8) is 0 Å². The monoisotopic (exact) mass is 354 g/mol. The fourth-order valence-corrected chi connectivity index (χ4v) is 3.47. The second kappa shape index (κ2) is 5.76. The number of benzene rings is 1. The molecule has 0 bridgehead atoms. The Hall–Kier alpha value is -3.02. The van der Waals surface area contributed by atoms with Crippen molar-refractivity contribution in [3.05, 3.63) is 69.1 Å². The Balaban J connectivity index is 2.07. The molecular weight excluding hydrogens is 338 g/mol. The van der Waals surface area contributed by atoms with E-state index >= 15 is 0 Å². The Morgan fingerprint density at radius 3 is 2.54 bits per heavy atom. The smallest absolute Gasteiger partial charge is 0.265 e. The number of halogens is 2. The summed E-state index contributed by atoms with van der Waals surface area (Å²) in [6, 6.07) is 5.21. The van der Waals surface area contributed by atoms with Gasteiger partial charge in [-0.05, 0) is 60.6 Å². The molecule has 6 heteroatoms. The van der Waals surface area contributed by atoms with Gasteiger partial charge in [0.1, 0.15) is 11.6 Å². The zero-order valence-electron chi connectivity index (χ0n) is 14.1. The molecule has 1 aliphatic carbocycles. The summed E-state index contributed by atoms with van der Waals surface area (Å²) >= 11 is 0. The molecule has 0 atom stereocenters. The molecule has 1 fully saturated rings. The molecule has 2 N–H and O–H groups in total. The third-order valence-corrected chi connectivity index (χ3v) is 4.96. The number of carbonyl (C=O) groups excluding carboxylic acids is 1. The van der Waals surface area contributed by atoms with E-state index in [4.69, 9.17) is 5.73 Å². The number of carbonyl (C=O) groups is 1. The van der Waals surface area contributed by atoms with Gasteiger partial charge < -0.3 is 5.73 Å². The number of aromatic nitrogens is 1. The lowest BCUT2D eigenvalue weighted by Crippen LogP contribution is -2.20. The van der Waals surface area contributed by atoms with E-state index in [0.29, 0.717) is 22.9 Å². The molecule has 0 amide bonds. The fraction of sp³-hybridized carbons (Fsp3) is 0.200. The molecule has 1 aliphatic rings. The number of fused-ring (bicyclic) bond motifs is 1. The zero-order chi connectivity index (χ0) is 18.6. The maximum Gasteiger partial charge on any atom is 0.265 e. The highest BCUT2D eigenvalue weighted by molar-refractivity contribution is 5.82. The molecule has 1 saturated carbocycles. The van der Waals surface area contributed by atoms with Crippen molar-refractivity contribution in [3.8, 4) is 11.1 Å². The van der Waals surface area contributed by atoms with Gasteiger partial charge in [-0.1, -0.05) is 0 Å². The minimum absolute atomic E-state index is 0.0883. The molecule has 0 saturated heterocycles. The molecule has 26 heavy (non-hydrogen) atoms. The van der Waals surface area contributed by atoms with E-state index in [0.717, 1.165) is 30.5 Å². The SMILES string of the molecule is Cc1c(-c2cc(F)c(N)cc2F)ccn2c(=O)c(C=O)cc(C3CC3)c12. The molecule has 0 spiro atoms. The molecular formula is C20H16F2N2O2. The standard InChI is InChI=1S/C20H16F2N2O2/c1-10-13(15-7-17(22)18(23)8-16(15)21)4-5-24-19(10)14(11-2-3-11)6-12(9-25)20(24)26/h4-9,11H,2-3,23H2,1H3. The van der Waals surface area contributed by atoms with Crippen molar-refractivity contribution in [1.82, 2.24) is 4.40 Å². The first kappa shape index (κ1) is 16.4. The van der Waals surface area contributed by atoms with Crippen LogP contribution < -0.4 is 11.3 Å². The van der Waals surface area contributed by atoms with Crippen molar-refractivity contribution >= 4 is 17.5 Å². The van der Waals surface area contributed by atoms with Crippen LogP contribution in [0.3, 0.4) is 0 Å². The van der Waals surface area contributed by atoms with Gasteiger partial charge in [0, 0.05) is 17.8 Å². The Bertz CT molecular complexity index is 1130. The number of rotatable bonds is 3. The molecule has 1 aromatic carbocycles. The van der Waals surface area contributed by atoms with Crippen LogP contribution >= 0.6 is 0 Å². The molecule has 2 heterocycles. The summed E-state index contributed by atoms with van der Waals surface area (Å²) in [7, 11) is 0. The maximum absolute atomic E-state index is 14.4. The van der Waals surface area contributed by atoms with Gasteiger partial charge in [0.15, 0.2) is 6.29 Å². The quantitative estimate of drug-likeness (QED) is 0.574. The summed E-state index contributed by atoms with van der Waals surface area (Å²) in [6.07, 6.45) is 4.01. The number of nitrogens with two attached hydrogens (primary N) is 1. The zero-order valence-corrected chi connectivity index (χ0v) is 14.1. The van der Waals surface area contributed by atoms with Gasteiger partial charge in [0.05, 0.1) is 16.8 Å². The Labute approximate surface area is 147 Å². The van der Waals surface area contributed by atoms with Crippen molar-refractivity contribution < 1.29 is 13.6 Å². The highest BCUT2D eigenvalue weighted by Gasteiger charge is 2.28. The molecule has 4 rings (SSSR count). The number of pyridine rings is 2. The maximum atomic E-state index is 14.4. The van der Waals surface area contributed by atoms with E-state index in [-0.39, 0.29) is 22.7 Å². The van der Waals surface area contributed by atoms with Crippen LogP contribution in [0.1, 0.15) is 40.2 Å². The summed E-state index contributed by atoms with van der Waals surface area (Å²) < 4.78 is 29.7. The van der Waals surface area contributed by atoms with E-state index in [1.165, 1.54) is 10.6 Å². The van der Waals surface area contributed by atoms with E-state index in [1.54, 1.807) is 19.1 Å². The lowest BCUT2D eigenvalue weighted by atomic mass is 9.96. The molecule has 0 aliphatic heterocycles. The molecule has 0 unspecified atom stereocenters. The van der Waals surface area contributed by atoms with Crippen molar-refractivity contribution in [1.29, 1.82) is 0 Å². The molecule has 0 radical (unpaired) electrons. The van der Waals surface area contributed by atoms with E-state index in [1.807, 2.05) is 0 Å². The van der Waals surface area contributed by atoms with Crippen LogP contribution in [0.4, 0.5) is 14.5 Å². The third kappa shape index (κ3) is 2.41. The normalized spacial score (nSPS) is 14.0. The van der Waals surface area contributed by atoms with Gasteiger partial charge in [0.2, 0.25) is 0 Å². The highest BCUT2D eigenvalue weighted by Crippen LogP contribution is 2.43. The number of aldehydes is 1. The van der Waals surface area contributed by atoms with Crippen molar-refractivity contribution in [2.24, 2.45) is 0 Å². The molecule has 3 aromatic rings. The van der Waals surface area contributed by atoms with Crippen LogP contribution in [0, 0.1) is 18.6 Å². The van der Waals surface area contributed by atoms with Gasteiger partial charge in [-0.25, -0.2) is 8.78 Å². The second-order valence-corrected chi connectivity index (χ2v) is 6.68. The number of aryl methyl sites for hydroxylation is 1. The summed E-state index contributed by atoms with van der Waals surface area (Å²) in [6.45, 7) is 1.77. The van der Waals surface area contributed by atoms with Crippen LogP contribution in [0.2, 0.25) is 0 Å². The largest absolute Gasteiger partial charge is 0.396 e. The average molecular weight is 354 g/mol. The molecule has 2 aromatic heterocycles. The minimum atomic E-state index is -0.697. The van der Waals surface area contributed by atoms with Crippen molar-refractivity contribution in [2.75, 3.05) is 5.73 Å². The molecule has 4 nitrogen and oxygen atoms in total. The summed E-state index contributed by atoms with van der Waals surface area (Å²) in [5.41, 5.74) is 7.63. The first-order valence-corrected chi connectivity index (χ1v) is 8.31. The number of nitrogen functional groups attached to an aromatic ring is 1. The summed E-state index contributed by atoms with van der Waals surface area (Å²) in [5.74, 6) is -1.06. The Morgan fingerprint density at radius 2 is 1.88 bits per heavy atom. The minimum Gasteiger partial charge on any atom is -0.396 e. The number of nitrogens with zero attached hydrogens (tertiary/aromatic N) is 1. The van der Waals surface area contributed by atoms with Gasteiger partial charge >= 0.3 is 0 Å². The van der Waals surface area contributed by atoms with Crippen LogP contribution in [0.15, 0.2) is 35.3 Å². The number of anilines is 1. The van der Waals surface area contributed by atoms with Gasteiger partial charge in [-0.2, -0.15) is 0 Å². The lowest BCUT2D eigenvalue weighted by molar-refractivity contribution is 0.112. The van der Waals surface area contributed by atoms with Crippen LogP contribution in [0.25, 0.3) is 16.6 Å². The van der Waals surface area contributed by atoms with E-state index in [9.17, 15) is 18.4 Å². The van der Waals surface area contributed by atoms with Crippen molar-refractivity contribution in [2.45, 2.75) is 25.7 Å². The highest BCUT2D eigenvalue weighted by atomic mass is 19.1. The van der Waals surface area contributed by atoms with Crippen LogP contribution in [0.5, 0.6) is 0 Å². The number of hydrogen-bond donors (Lipinski definition) is 1. The topological polar surface area (TPSA) is 64.6 Å². The van der Waals surface area contributed by atoms with Crippen LogP contribution in [-0.4, -0.2) is 10.7 Å². The molecule has 132 valence electrons. The predicted molar refractivity (Wildman–Crippen MR) is 95.5 cm³/mol. The van der Waals surface area contributed by atoms with Crippen LogP contribution in [-0.2, 0) is 0 Å². The Kier molecular flexibility index (Phi) is 3.64. The first-order chi connectivity index (χ1) is 12.4. The first-order valence-electron chi connectivity index (χ1n) is 8.31. The Morgan fingerprint density at radius 1 is 1.15 bits per heavy atom. The summed E-state index contributed by atoms with van der Waals surface area (Å²) in [5, 5.41) is 0. The lowest BCUT2D eigenvalue weighted by Gasteiger charge is -2.16. The average Bonchev–Trinajstić information content (AvgIpc) is 3.44. The predicted octanol–water partition coefficient (Wildman–Crippen LogP) is 3.83. The van der Waals surface area contributed by atoms with Gasteiger partial charge in [-0.3, -0.25) is 14.0 Å².